The third-order valence-corrected chi connectivity index (χ3v) is 5.08. The lowest BCUT2D eigenvalue weighted by Gasteiger charge is -2.18. The zero-order valence-electron chi connectivity index (χ0n) is 10.8. The fraction of sp³-hybridized carbons (Fsp3) is 0.643. The highest BCUT2D eigenvalue weighted by molar-refractivity contribution is 9.10. The molecule has 1 aromatic rings. The molecule has 1 aliphatic carbocycles. The number of aromatic nitrogens is 1. The second-order valence-electron chi connectivity index (χ2n) is 6.07. The monoisotopic (exact) mass is 323 g/mol. The van der Waals surface area contributed by atoms with E-state index in [-0.39, 0.29) is 5.91 Å². The molecule has 0 unspecified atom stereocenters. The third kappa shape index (κ3) is 2.03. The number of amides is 1. The van der Waals surface area contributed by atoms with Crippen LogP contribution in [0.1, 0.15) is 29.4 Å². The molecule has 102 valence electrons. The smallest absolute Gasteiger partial charge is 0.270 e. The lowest BCUT2D eigenvalue weighted by molar-refractivity contribution is 0.0770. The lowest BCUT2D eigenvalue weighted by atomic mass is 10.0. The SMILES string of the molecule is O=C(c1cc(Br)cn1C1CC1)N1C[C@H]2CNC[C@H]2C1. The first kappa shape index (κ1) is 12.0. The molecule has 0 radical (unpaired) electrons. The second kappa shape index (κ2) is 4.35. The maximum absolute atomic E-state index is 12.7. The highest BCUT2D eigenvalue weighted by Crippen LogP contribution is 2.38. The first-order valence-corrected chi connectivity index (χ1v) is 7.89. The Hall–Kier alpha value is -0.810. The van der Waals surface area contributed by atoms with Gasteiger partial charge in [0.1, 0.15) is 5.69 Å². The van der Waals surface area contributed by atoms with Crippen molar-refractivity contribution in [1.82, 2.24) is 14.8 Å². The van der Waals surface area contributed by atoms with E-state index in [9.17, 15) is 4.79 Å². The second-order valence-corrected chi connectivity index (χ2v) is 6.99. The standard InChI is InChI=1S/C14H18BrN3O/c15-11-3-13(18(8-11)12-1-2-12)14(19)17-6-9-4-16-5-10(9)7-17/h3,8-10,12,16H,1-2,4-7H2/t9-,10+. The molecule has 1 aromatic heterocycles. The predicted molar refractivity (Wildman–Crippen MR) is 76.2 cm³/mol. The van der Waals surface area contributed by atoms with E-state index >= 15 is 0 Å². The minimum absolute atomic E-state index is 0.215. The summed E-state index contributed by atoms with van der Waals surface area (Å²) in [7, 11) is 0. The number of hydrogen-bond acceptors (Lipinski definition) is 2. The van der Waals surface area contributed by atoms with Crippen LogP contribution in [0.15, 0.2) is 16.7 Å². The summed E-state index contributed by atoms with van der Waals surface area (Å²) in [6, 6.07) is 2.53. The van der Waals surface area contributed by atoms with Gasteiger partial charge in [-0.1, -0.05) is 0 Å². The minimum Gasteiger partial charge on any atom is -0.339 e. The van der Waals surface area contributed by atoms with Gasteiger partial charge in [0.05, 0.1) is 0 Å². The third-order valence-electron chi connectivity index (χ3n) is 4.65. The van der Waals surface area contributed by atoms with Crippen LogP contribution in [-0.2, 0) is 0 Å². The van der Waals surface area contributed by atoms with Crippen molar-refractivity contribution in [3.05, 3.63) is 22.4 Å². The van der Waals surface area contributed by atoms with Crippen LogP contribution in [0.2, 0.25) is 0 Å². The van der Waals surface area contributed by atoms with Gasteiger partial charge < -0.3 is 14.8 Å². The maximum atomic E-state index is 12.7. The van der Waals surface area contributed by atoms with E-state index in [2.05, 4.69) is 36.9 Å². The molecule has 2 atom stereocenters. The molecule has 5 heteroatoms. The van der Waals surface area contributed by atoms with E-state index < -0.39 is 0 Å². The van der Waals surface area contributed by atoms with Crippen LogP contribution in [-0.4, -0.2) is 41.6 Å². The van der Waals surface area contributed by atoms with Crippen LogP contribution in [0.25, 0.3) is 0 Å². The molecule has 2 aliphatic heterocycles. The molecular weight excluding hydrogens is 306 g/mol. The summed E-state index contributed by atoms with van der Waals surface area (Å²) in [5.74, 6) is 1.54. The van der Waals surface area contributed by atoms with Gasteiger partial charge in [-0.05, 0) is 46.7 Å². The number of nitrogens with zero attached hydrogens (tertiary/aromatic N) is 2. The molecule has 1 saturated carbocycles. The number of carbonyl (C=O) groups excluding carboxylic acids is 1. The van der Waals surface area contributed by atoms with Gasteiger partial charge >= 0.3 is 0 Å². The van der Waals surface area contributed by atoms with Crippen molar-refractivity contribution in [3.8, 4) is 0 Å². The van der Waals surface area contributed by atoms with Gasteiger partial charge in [0.15, 0.2) is 0 Å². The summed E-state index contributed by atoms with van der Waals surface area (Å²) in [5.41, 5.74) is 0.863. The van der Waals surface area contributed by atoms with Crippen molar-refractivity contribution in [3.63, 3.8) is 0 Å². The van der Waals surface area contributed by atoms with Gasteiger partial charge in [0.2, 0.25) is 0 Å². The Kier molecular flexibility index (Phi) is 2.74. The molecule has 0 bridgehead atoms. The van der Waals surface area contributed by atoms with Gasteiger partial charge in [-0.3, -0.25) is 4.79 Å². The first-order chi connectivity index (χ1) is 9.22. The van der Waals surface area contributed by atoms with Gasteiger partial charge in [0.25, 0.3) is 5.91 Å². The zero-order valence-corrected chi connectivity index (χ0v) is 12.4. The Morgan fingerprint density at radius 3 is 2.58 bits per heavy atom. The number of likely N-dealkylation sites (tertiary alicyclic amines) is 1. The Bertz CT molecular complexity index is 511. The number of carbonyl (C=O) groups is 1. The van der Waals surface area contributed by atoms with Crippen molar-refractivity contribution in [1.29, 1.82) is 0 Å². The number of hydrogen-bond donors (Lipinski definition) is 1. The van der Waals surface area contributed by atoms with E-state index in [0.717, 1.165) is 36.3 Å². The molecule has 19 heavy (non-hydrogen) atoms. The first-order valence-electron chi connectivity index (χ1n) is 7.10. The molecule has 1 N–H and O–H groups in total. The molecule has 2 saturated heterocycles. The van der Waals surface area contributed by atoms with Gasteiger partial charge in [-0.25, -0.2) is 0 Å². The number of nitrogens with one attached hydrogen (secondary N) is 1. The van der Waals surface area contributed by atoms with Crippen LogP contribution in [0.3, 0.4) is 0 Å². The summed E-state index contributed by atoms with van der Waals surface area (Å²) < 4.78 is 3.18. The molecule has 0 aromatic carbocycles. The van der Waals surface area contributed by atoms with Crippen LogP contribution >= 0.6 is 15.9 Å². The average molecular weight is 324 g/mol. The largest absolute Gasteiger partial charge is 0.339 e. The van der Waals surface area contributed by atoms with E-state index in [4.69, 9.17) is 0 Å². The average Bonchev–Trinajstić information content (AvgIpc) is 2.82. The topological polar surface area (TPSA) is 37.3 Å². The van der Waals surface area contributed by atoms with Gasteiger partial charge in [-0.2, -0.15) is 0 Å². The van der Waals surface area contributed by atoms with Crippen molar-refractivity contribution >= 4 is 21.8 Å². The fourth-order valence-electron chi connectivity index (χ4n) is 3.46. The fourth-order valence-corrected chi connectivity index (χ4v) is 3.89. The highest BCUT2D eigenvalue weighted by atomic mass is 79.9. The van der Waals surface area contributed by atoms with Crippen LogP contribution < -0.4 is 5.32 Å². The van der Waals surface area contributed by atoms with E-state index in [1.54, 1.807) is 0 Å². The summed E-state index contributed by atoms with van der Waals surface area (Å²) in [5, 5.41) is 3.42. The van der Waals surface area contributed by atoms with Crippen molar-refractivity contribution in [2.75, 3.05) is 26.2 Å². The molecular formula is C14H18BrN3O. The van der Waals surface area contributed by atoms with Crippen molar-refractivity contribution < 1.29 is 4.79 Å². The molecule has 3 heterocycles. The molecule has 3 aliphatic rings. The Morgan fingerprint density at radius 1 is 1.26 bits per heavy atom. The molecule has 1 amide bonds. The van der Waals surface area contributed by atoms with Crippen LogP contribution in [0.5, 0.6) is 0 Å². The summed E-state index contributed by atoms with van der Waals surface area (Å²) in [4.78, 5) is 14.8. The summed E-state index contributed by atoms with van der Waals surface area (Å²) in [6.07, 6.45) is 4.47. The van der Waals surface area contributed by atoms with Gasteiger partial charge in [-0.15, -0.1) is 0 Å². The summed E-state index contributed by atoms with van der Waals surface area (Å²) >= 11 is 3.50. The van der Waals surface area contributed by atoms with E-state index in [1.165, 1.54) is 12.8 Å². The predicted octanol–water partition coefficient (Wildman–Crippen LogP) is 1.88. The highest BCUT2D eigenvalue weighted by Gasteiger charge is 2.39. The number of halogens is 1. The van der Waals surface area contributed by atoms with Gasteiger partial charge in [0, 0.05) is 42.9 Å². The summed E-state index contributed by atoms with van der Waals surface area (Å²) in [6.45, 7) is 3.98. The van der Waals surface area contributed by atoms with E-state index in [1.807, 2.05) is 6.07 Å². The Balaban J connectivity index is 1.57. The lowest BCUT2D eigenvalue weighted by Crippen LogP contribution is -2.33. The Labute approximate surface area is 121 Å². The van der Waals surface area contributed by atoms with E-state index in [0.29, 0.717) is 17.9 Å². The van der Waals surface area contributed by atoms with Crippen molar-refractivity contribution in [2.45, 2.75) is 18.9 Å². The van der Waals surface area contributed by atoms with Crippen LogP contribution in [0.4, 0.5) is 0 Å². The maximum Gasteiger partial charge on any atom is 0.270 e. The number of rotatable bonds is 2. The quantitative estimate of drug-likeness (QED) is 0.902. The number of fused-ring (bicyclic) bond motifs is 1. The molecule has 3 fully saturated rings. The normalized spacial score (nSPS) is 29.8. The minimum atomic E-state index is 0.215. The molecule has 4 nitrogen and oxygen atoms in total. The molecule has 4 rings (SSSR count). The van der Waals surface area contributed by atoms with Crippen LogP contribution in [0, 0.1) is 11.8 Å². The molecule has 0 spiro atoms. The van der Waals surface area contributed by atoms with Crippen molar-refractivity contribution in [2.24, 2.45) is 11.8 Å². The zero-order chi connectivity index (χ0) is 13.0. The Morgan fingerprint density at radius 2 is 1.95 bits per heavy atom.